The first kappa shape index (κ1) is 38.3. The van der Waals surface area contributed by atoms with Crippen LogP contribution in [0.4, 0.5) is 9.59 Å². The Morgan fingerprint density at radius 3 is 2.02 bits per heavy atom. The summed E-state index contributed by atoms with van der Waals surface area (Å²) < 4.78 is 18.8. The van der Waals surface area contributed by atoms with Gasteiger partial charge < -0.3 is 23.9 Å². The first-order chi connectivity index (χ1) is 23.4. The average molecular weight is 704 g/mol. The molecule has 2 heterocycles. The van der Waals surface area contributed by atoms with E-state index in [9.17, 15) is 24.3 Å². The minimum absolute atomic E-state index is 0.0153. The van der Waals surface area contributed by atoms with Crippen LogP contribution in [0.1, 0.15) is 83.6 Å². The molecule has 4 rings (SSSR count). The molecule has 0 saturated heterocycles. The van der Waals surface area contributed by atoms with E-state index in [1.54, 1.807) is 34.6 Å². The van der Waals surface area contributed by atoms with E-state index in [4.69, 9.17) is 13.9 Å². The Hall–Kier alpha value is -4.55. The number of carbonyl (C=O) groups excluding carboxylic acids is 3. The third kappa shape index (κ3) is 8.08. The lowest BCUT2D eigenvalue weighted by Gasteiger charge is -2.43. The Morgan fingerprint density at radius 1 is 0.980 bits per heavy atom. The molecule has 0 spiro atoms. The minimum Gasteiger partial charge on any atom is -0.465 e. The summed E-state index contributed by atoms with van der Waals surface area (Å²) >= 11 is 0. The number of ether oxygens (including phenoxy) is 2. The summed E-state index contributed by atoms with van der Waals surface area (Å²) in [6.07, 6.45) is -2.06. The summed E-state index contributed by atoms with van der Waals surface area (Å²) in [7, 11) is -2.98. The van der Waals surface area contributed by atoms with Crippen molar-refractivity contribution < 1.29 is 38.2 Å². The molecule has 1 amide bonds. The molecule has 2 atom stereocenters. The third-order valence-electron chi connectivity index (χ3n) is 8.75. The van der Waals surface area contributed by atoms with Gasteiger partial charge in [-0.2, -0.15) is 9.78 Å². The van der Waals surface area contributed by atoms with Crippen molar-refractivity contribution in [2.75, 3.05) is 13.2 Å². The number of benzene rings is 2. The molecule has 1 aromatic heterocycles. The third-order valence-corrected chi connectivity index (χ3v) is 13.7. The molecule has 11 nitrogen and oxygen atoms in total. The molecule has 0 saturated carbocycles. The van der Waals surface area contributed by atoms with Gasteiger partial charge in [0.1, 0.15) is 17.2 Å². The van der Waals surface area contributed by atoms with Crippen molar-refractivity contribution in [3.8, 4) is 0 Å². The van der Waals surface area contributed by atoms with Crippen LogP contribution in [0.25, 0.3) is 0 Å². The smallest absolute Gasteiger partial charge is 0.435 e. The van der Waals surface area contributed by atoms with Gasteiger partial charge in [0, 0.05) is 18.0 Å². The summed E-state index contributed by atoms with van der Waals surface area (Å²) in [6.45, 7) is 19.0. The lowest BCUT2D eigenvalue weighted by molar-refractivity contribution is -0.146. The van der Waals surface area contributed by atoms with Crippen LogP contribution in [-0.4, -0.2) is 76.9 Å². The van der Waals surface area contributed by atoms with E-state index in [0.717, 1.165) is 15.1 Å². The van der Waals surface area contributed by atoms with Crippen LogP contribution in [0, 0.1) is 5.92 Å². The van der Waals surface area contributed by atoms with E-state index in [1.165, 1.54) is 4.90 Å². The fourth-order valence-corrected chi connectivity index (χ4v) is 11.1. The fraction of sp³-hybridized carbons (Fsp3) is 0.447. The maximum atomic E-state index is 14.6. The second-order valence-electron chi connectivity index (χ2n) is 14.7. The highest BCUT2D eigenvalue weighted by Crippen LogP contribution is 2.37. The number of carbonyl (C=O) groups is 4. The summed E-state index contributed by atoms with van der Waals surface area (Å²) in [5, 5.41) is 16.1. The number of Topliss-reactive ketones (excluding diaryl/α,β-unsaturated/α-hetero) is 1. The molecule has 268 valence electrons. The van der Waals surface area contributed by atoms with Crippen LogP contribution in [0.2, 0.25) is 5.04 Å². The Morgan fingerprint density at radius 2 is 1.54 bits per heavy atom. The zero-order valence-electron chi connectivity index (χ0n) is 30.3. The summed E-state index contributed by atoms with van der Waals surface area (Å²) in [5.41, 5.74) is -0.00352. The van der Waals surface area contributed by atoms with E-state index >= 15 is 0 Å². The number of rotatable bonds is 11. The Labute approximate surface area is 295 Å². The number of hydrogen-bond acceptors (Lipinski definition) is 8. The number of hydrogen-bond donors (Lipinski definition) is 1. The minimum atomic E-state index is -2.98. The molecular formula is C38H49N3O8Si. The van der Waals surface area contributed by atoms with Crippen LogP contribution in [-0.2, 0) is 31.7 Å². The number of ketones is 1. The van der Waals surface area contributed by atoms with Crippen molar-refractivity contribution in [3.05, 3.63) is 89.8 Å². The first-order valence-electron chi connectivity index (χ1n) is 16.9. The predicted octanol–water partition coefficient (Wildman–Crippen LogP) is 5.98. The van der Waals surface area contributed by atoms with Crippen molar-refractivity contribution in [1.29, 1.82) is 0 Å². The molecule has 3 aromatic rings. The maximum Gasteiger partial charge on any atom is 0.435 e. The fourth-order valence-electron chi connectivity index (χ4n) is 6.50. The van der Waals surface area contributed by atoms with E-state index in [2.05, 4.69) is 56.7 Å². The van der Waals surface area contributed by atoms with E-state index in [1.807, 2.05) is 36.4 Å². The van der Waals surface area contributed by atoms with Gasteiger partial charge in [-0.1, -0.05) is 93.6 Å². The van der Waals surface area contributed by atoms with E-state index in [-0.39, 0.29) is 48.9 Å². The van der Waals surface area contributed by atoms with Crippen LogP contribution in [0.3, 0.4) is 0 Å². The highest BCUT2D eigenvalue weighted by Gasteiger charge is 2.50. The second kappa shape index (κ2) is 15.1. The predicted molar refractivity (Wildman–Crippen MR) is 192 cm³/mol. The summed E-state index contributed by atoms with van der Waals surface area (Å²) in [6, 6.07) is 19.7. The Kier molecular flexibility index (Phi) is 11.6. The molecule has 1 N–H and O–H groups in total. The molecule has 12 heteroatoms. The van der Waals surface area contributed by atoms with Gasteiger partial charge in [0.05, 0.1) is 25.5 Å². The quantitative estimate of drug-likeness (QED) is 0.0841. The molecule has 0 radical (unpaired) electrons. The van der Waals surface area contributed by atoms with Gasteiger partial charge in [-0.05, 0) is 56.5 Å². The lowest BCUT2D eigenvalue weighted by atomic mass is 9.90. The van der Waals surface area contributed by atoms with Gasteiger partial charge in [0.2, 0.25) is 0 Å². The molecule has 2 aromatic carbocycles. The van der Waals surface area contributed by atoms with Crippen molar-refractivity contribution in [2.45, 2.75) is 91.5 Å². The van der Waals surface area contributed by atoms with Crippen molar-refractivity contribution in [1.82, 2.24) is 14.7 Å². The standard InChI is InChI=1S/C38H49N3O8Si/c1-10-47-34(43)29(21-25(2)24-48-50(38(7,8)9,27-17-13-11-14-18-27)28-19-15-12-16-20-28)33(42)32-30-23-40(35(44)45)26(3)22-31(30)39-41(32)36(46)49-37(4,5)6/h11-20,26,29H,2,10,21-24H2,1,3-9H3,(H,44,45). The van der Waals surface area contributed by atoms with E-state index < -0.39 is 49.8 Å². The number of aromatic nitrogens is 2. The van der Waals surface area contributed by atoms with Crippen LogP contribution in [0.15, 0.2) is 72.8 Å². The molecular weight excluding hydrogens is 655 g/mol. The van der Waals surface area contributed by atoms with Gasteiger partial charge >= 0.3 is 18.2 Å². The zero-order chi connectivity index (χ0) is 37.0. The maximum absolute atomic E-state index is 14.6. The van der Waals surface area contributed by atoms with E-state index in [0.29, 0.717) is 11.3 Å². The summed E-state index contributed by atoms with van der Waals surface area (Å²) in [4.78, 5) is 54.9. The highest BCUT2D eigenvalue weighted by molar-refractivity contribution is 6.99. The van der Waals surface area contributed by atoms with Crippen LogP contribution in [0.5, 0.6) is 0 Å². The van der Waals surface area contributed by atoms with Crippen molar-refractivity contribution >= 4 is 42.6 Å². The van der Waals surface area contributed by atoms with Gasteiger partial charge in [-0.15, -0.1) is 0 Å². The van der Waals surface area contributed by atoms with Gasteiger partial charge in [-0.3, -0.25) is 9.59 Å². The zero-order valence-corrected chi connectivity index (χ0v) is 31.3. The molecule has 0 aliphatic carbocycles. The molecule has 1 aliphatic rings. The molecule has 2 unspecified atom stereocenters. The van der Waals surface area contributed by atoms with Gasteiger partial charge in [0.25, 0.3) is 8.32 Å². The van der Waals surface area contributed by atoms with Crippen LogP contribution < -0.4 is 10.4 Å². The Bertz CT molecular complexity index is 1680. The SMILES string of the molecule is C=C(CO[Si](c1ccccc1)(c1ccccc1)C(C)(C)C)CC(C(=O)OCC)C(=O)c1c2c(nn1C(=O)OC(C)(C)C)CC(C)N(C(=O)O)C2. The van der Waals surface area contributed by atoms with Gasteiger partial charge in [0.15, 0.2) is 5.78 Å². The first-order valence-corrected chi connectivity index (χ1v) is 18.8. The number of amides is 1. The average Bonchev–Trinajstić information content (AvgIpc) is 3.41. The number of nitrogens with zero attached hydrogens (tertiary/aromatic N) is 3. The van der Waals surface area contributed by atoms with Crippen molar-refractivity contribution in [2.24, 2.45) is 5.92 Å². The topological polar surface area (TPSA) is 137 Å². The summed E-state index contributed by atoms with van der Waals surface area (Å²) in [5.74, 6) is -2.95. The lowest BCUT2D eigenvalue weighted by Crippen LogP contribution is -2.66. The molecule has 50 heavy (non-hydrogen) atoms. The highest BCUT2D eigenvalue weighted by atomic mass is 28.4. The Balaban J connectivity index is 1.75. The number of esters is 1. The molecule has 0 fully saturated rings. The molecule has 0 bridgehead atoms. The second-order valence-corrected chi connectivity index (χ2v) is 19.0. The normalized spacial score (nSPS) is 15.5. The molecule has 1 aliphatic heterocycles. The largest absolute Gasteiger partial charge is 0.465 e. The monoisotopic (exact) mass is 703 g/mol. The van der Waals surface area contributed by atoms with Crippen molar-refractivity contribution in [3.63, 3.8) is 0 Å². The number of fused-ring (bicyclic) bond motifs is 1. The van der Waals surface area contributed by atoms with Crippen LogP contribution >= 0.6 is 0 Å². The number of carboxylic acid groups (broad SMARTS) is 1. The van der Waals surface area contributed by atoms with Gasteiger partial charge in [-0.25, -0.2) is 9.59 Å².